The van der Waals surface area contributed by atoms with Gasteiger partial charge in [0, 0.05) is 19.1 Å². The summed E-state index contributed by atoms with van der Waals surface area (Å²) in [5.74, 6) is 0.965. The summed E-state index contributed by atoms with van der Waals surface area (Å²) in [5.41, 5.74) is 0.359. The monoisotopic (exact) mass is 276 g/mol. The van der Waals surface area contributed by atoms with E-state index >= 15 is 0 Å². The Bertz CT molecular complexity index is 445. The van der Waals surface area contributed by atoms with Gasteiger partial charge in [-0.25, -0.2) is 0 Å². The van der Waals surface area contributed by atoms with Crippen LogP contribution in [0.2, 0.25) is 0 Å². The van der Waals surface area contributed by atoms with Gasteiger partial charge < -0.3 is 9.47 Å². The number of ketones is 1. The molecule has 1 saturated carbocycles. The van der Waals surface area contributed by atoms with Gasteiger partial charge in [-0.2, -0.15) is 0 Å². The SMILES string of the molecule is COc1ccccc1CC(=O)C1(OC)CCCCCC1. The third-order valence-electron chi connectivity index (χ3n) is 4.35. The minimum atomic E-state index is -0.586. The molecule has 0 aliphatic heterocycles. The average molecular weight is 276 g/mol. The highest BCUT2D eigenvalue weighted by Gasteiger charge is 2.38. The van der Waals surface area contributed by atoms with Gasteiger partial charge in [0.25, 0.3) is 0 Å². The van der Waals surface area contributed by atoms with Crippen LogP contribution in [0.3, 0.4) is 0 Å². The molecule has 0 radical (unpaired) electrons. The van der Waals surface area contributed by atoms with Crippen LogP contribution < -0.4 is 4.74 Å². The second-order valence-electron chi connectivity index (χ2n) is 5.52. The summed E-state index contributed by atoms with van der Waals surface area (Å²) in [5, 5.41) is 0. The molecule has 2 rings (SSSR count). The van der Waals surface area contributed by atoms with Crippen molar-refractivity contribution in [3.63, 3.8) is 0 Å². The molecule has 20 heavy (non-hydrogen) atoms. The maximum atomic E-state index is 12.8. The minimum absolute atomic E-state index is 0.186. The van der Waals surface area contributed by atoms with Crippen molar-refractivity contribution < 1.29 is 14.3 Å². The molecule has 1 fully saturated rings. The van der Waals surface area contributed by atoms with E-state index < -0.39 is 5.60 Å². The molecule has 0 atom stereocenters. The normalized spacial score (nSPS) is 18.3. The Morgan fingerprint density at radius 2 is 1.75 bits per heavy atom. The maximum absolute atomic E-state index is 12.8. The van der Waals surface area contributed by atoms with E-state index in [1.165, 1.54) is 12.8 Å². The first-order valence-electron chi connectivity index (χ1n) is 7.42. The minimum Gasteiger partial charge on any atom is -0.496 e. The highest BCUT2D eigenvalue weighted by atomic mass is 16.5. The standard InChI is InChI=1S/C17H24O3/c1-19-15-10-6-5-9-14(15)13-16(18)17(20-2)11-7-3-4-8-12-17/h5-6,9-10H,3-4,7-8,11-13H2,1-2H3. The highest BCUT2D eigenvalue weighted by Crippen LogP contribution is 2.32. The molecule has 0 heterocycles. The molecule has 0 amide bonds. The van der Waals surface area contributed by atoms with Gasteiger partial charge >= 0.3 is 0 Å². The average Bonchev–Trinajstić information content (AvgIpc) is 2.74. The van der Waals surface area contributed by atoms with Gasteiger partial charge in [-0.3, -0.25) is 4.79 Å². The van der Waals surface area contributed by atoms with Gasteiger partial charge in [-0.05, 0) is 18.9 Å². The van der Waals surface area contributed by atoms with E-state index in [2.05, 4.69) is 0 Å². The zero-order chi connectivity index (χ0) is 14.4. The van der Waals surface area contributed by atoms with Gasteiger partial charge in [-0.15, -0.1) is 0 Å². The largest absolute Gasteiger partial charge is 0.496 e. The lowest BCUT2D eigenvalue weighted by atomic mass is 9.86. The third kappa shape index (κ3) is 3.21. The number of hydrogen-bond donors (Lipinski definition) is 0. The van der Waals surface area contributed by atoms with Crippen LogP contribution in [0.1, 0.15) is 44.1 Å². The lowest BCUT2D eigenvalue weighted by Crippen LogP contribution is -2.41. The zero-order valence-electron chi connectivity index (χ0n) is 12.5. The molecule has 1 aliphatic rings. The smallest absolute Gasteiger partial charge is 0.169 e. The van der Waals surface area contributed by atoms with Crippen molar-refractivity contribution >= 4 is 5.78 Å². The topological polar surface area (TPSA) is 35.5 Å². The maximum Gasteiger partial charge on any atom is 0.169 e. The van der Waals surface area contributed by atoms with Crippen molar-refractivity contribution in [3.8, 4) is 5.75 Å². The van der Waals surface area contributed by atoms with Gasteiger partial charge in [0.1, 0.15) is 11.4 Å². The number of rotatable bonds is 5. The Kier molecular flexibility index (Phi) is 5.18. The van der Waals surface area contributed by atoms with Crippen LogP contribution in [0.5, 0.6) is 5.75 Å². The number of hydrogen-bond acceptors (Lipinski definition) is 3. The Labute approximate surface area is 121 Å². The molecular weight excluding hydrogens is 252 g/mol. The third-order valence-corrected chi connectivity index (χ3v) is 4.35. The number of benzene rings is 1. The van der Waals surface area contributed by atoms with Crippen LogP contribution in [0.25, 0.3) is 0 Å². The molecule has 1 aromatic rings. The van der Waals surface area contributed by atoms with E-state index in [-0.39, 0.29) is 5.78 Å². The van der Waals surface area contributed by atoms with E-state index in [1.54, 1.807) is 14.2 Å². The summed E-state index contributed by atoms with van der Waals surface area (Å²) in [6.07, 6.45) is 6.63. The predicted octanol–water partition coefficient (Wildman–Crippen LogP) is 3.55. The summed E-state index contributed by atoms with van der Waals surface area (Å²) in [7, 11) is 3.31. The molecule has 3 nitrogen and oxygen atoms in total. The summed E-state index contributed by atoms with van der Waals surface area (Å²) in [6, 6.07) is 7.72. The fourth-order valence-corrected chi connectivity index (χ4v) is 3.08. The Hall–Kier alpha value is -1.35. The predicted molar refractivity (Wildman–Crippen MR) is 79.1 cm³/mol. The molecule has 1 aromatic carbocycles. The first-order chi connectivity index (χ1) is 9.72. The number of ether oxygens (including phenoxy) is 2. The van der Waals surface area contributed by atoms with Gasteiger partial charge in [0.2, 0.25) is 0 Å². The highest BCUT2D eigenvalue weighted by molar-refractivity contribution is 5.89. The summed E-state index contributed by atoms with van der Waals surface area (Å²) < 4.78 is 11.0. The molecule has 0 N–H and O–H groups in total. The van der Waals surface area contributed by atoms with Gasteiger partial charge in [0.15, 0.2) is 5.78 Å². The number of para-hydroxylation sites is 1. The fraction of sp³-hybridized carbons (Fsp3) is 0.588. The van der Waals surface area contributed by atoms with E-state index in [0.717, 1.165) is 37.0 Å². The van der Waals surface area contributed by atoms with E-state index in [1.807, 2.05) is 24.3 Å². The van der Waals surface area contributed by atoms with Crippen molar-refractivity contribution in [2.45, 2.75) is 50.5 Å². The number of methoxy groups -OCH3 is 2. The fourth-order valence-electron chi connectivity index (χ4n) is 3.08. The Balaban J connectivity index is 2.16. The van der Waals surface area contributed by atoms with Crippen molar-refractivity contribution in [2.75, 3.05) is 14.2 Å². The number of carbonyl (C=O) groups excluding carboxylic acids is 1. The van der Waals surface area contributed by atoms with E-state index in [0.29, 0.717) is 6.42 Å². The molecule has 1 aliphatic carbocycles. The van der Waals surface area contributed by atoms with Crippen LogP contribution in [-0.4, -0.2) is 25.6 Å². The van der Waals surface area contributed by atoms with Crippen LogP contribution in [0.15, 0.2) is 24.3 Å². The molecule has 0 aromatic heterocycles. The second kappa shape index (κ2) is 6.89. The first-order valence-corrected chi connectivity index (χ1v) is 7.42. The molecule has 0 bridgehead atoms. The molecule has 110 valence electrons. The van der Waals surface area contributed by atoms with Crippen molar-refractivity contribution in [3.05, 3.63) is 29.8 Å². The first kappa shape index (κ1) is 15.0. The lowest BCUT2D eigenvalue weighted by Gasteiger charge is -2.30. The van der Waals surface area contributed by atoms with E-state index in [4.69, 9.17) is 9.47 Å². The molecule has 0 saturated heterocycles. The zero-order valence-corrected chi connectivity index (χ0v) is 12.5. The summed E-state index contributed by atoms with van der Waals surface area (Å²) >= 11 is 0. The van der Waals surface area contributed by atoms with Crippen LogP contribution in [0, 0.1) is 0 Å². The van der Waals surface area contributed by atoms with Crippen LogP contribution >= 0.6 is 0 Å². The number of carbonyl (C=O) groups is 1. The number of Topliss-reactive ketones (excluding diaryl/α,β-unsaturated/α-hetero) is 1. The van der Waals surface area contributed by atoms with Crippen molar-refractivity contribution in [1.29, 1.82) is 0 Å². The summed E-state index contributed by atoms with van der Waals surface area (Å²) in [4.78, 5) is 12.8. The summed E-state index contributed by atoms with van der Waals surface area (Å²) in [6.45, 7) is 0. The molecular formula is C17H24O3. The molecule has 0 unspecified atom stereocenters. The molecule has 3 heteroatoms. The van der Waals surface area contributed by atoms with Crippen LogP contribution in [0.4, 0.5) is 0 Å². The lowest BCUT2D eigenvalue weighted by molar-refractivity contribution is -0.142. The quantitative estimate of drug-likeness (QED) is 0.772. The van der Waals surface area contributed by atoms with E-state index in [9.17, 15) is 4.79 Å². The second-order valence-corrected chi connectivity index (χ2v) is 5.52. The van der Waals surface area contributed by atoms with Crippen LogP contribution in [-0.2, 0) is 16.0 Å². The van der Waals surface area contributed by atoms with Gasteiger partial charge in [-0.1, -0.05) is 43.9 Å². The van der Waals surface area contributed by atoms with Gasteiger partial charge in [0.05, 0.1) is 7.11 Å². The molecule has 0 spiro atoms. The Morgan fingerprint density at radius 1 is 1.10 bits per heavy atom. The van der Waals surface area contributed by atoms with Crippen molar-refractivity contribution in [1.82, 2.24) is 0 Å². The van der Waals surface area contributed by atoms with Crippen molar-refractivity contribution in [2.24, 2.45) is 0 Å². The Morgan fingerprint density at radius 3 is 2.35 bits per heavy atom.